The quantitative estimate of drug-likeness (QED) is 0.699. The molecule has 1 rings (SSSR count). The zero-order valence-electron chi connectivity index (χ0n) is 12.2. The summed E-state index contributed by atoms with van der Waals surface area (Å²) in [5.41, 5.74) is 0. The number of hydrogen-bond acceptors (Lipinski definition) is 3. The van der Waals surface area contributed by atoms with Gasteiger partial charge in [0.15, 0.2) is 0 Å². The van der Waals surface area contributed by atoms with Gasteiger partial charge in [0.05, 0.1) is 0 Å². The highest BCUT2D eigenvalue weighted by atomic mass is 15.2. The molecule has 0 aromatic heterocycles. The Balaban J connectivity index is 2.49. The van der Waals surface area contributed by atoms with Gasteiger partial charge in [0.1, 0.15) is 0 Å². The van der Waals surface area contributed by atoms with E-state index < -0.39 is 0 Å². The Kier molecular flexibility index (Phi) is 7.09. The molecule has 0 saturated heterocycles. The highest BCUT2D eigenvalue weighted by molar-refractivity contribution is 4.90. The van der Waals surface area contributed by atoms with Crippen LogP contribution in [0.3, 0.4) is 0 Å². The Bertz CT molecular complexity index is 194. The van der Waals surface area contributed by atoms with Gasteiger partial charge in [0, 0.05) is 25.2 Å². The van der Waals surface area contributed by atoms with E-state index in [4.69, 9.17) is 0 Å². The molecule has 1 fully saturated rings. The van der Waals surface area contributed by atoms with Gasteiger partial charge in [-0.25, -0.2) is 0 Å². The second-order valence-electron chi connectivity index (χ2n) is 5.50. The van der Waals surface area contributed by atoms with Gasteiger partial charge in [-0.05, 0) is 46.4 Å². The number of likely N-dealkylation sites (N-methyl/N-ethyl adjacent to an activating group) is 2. The highest BCUT2D eigenvalue weighted by Crippen LogP contribution is 2.24. The summed E-state index contributed by atoms with van der Waals surface area (Å²) in [5, 5.41) is 3.67. The van der Waals surface area contributed by atoms with Gasteiger partial charge in [-0.2, -0.15) is 0 Å². The van der Waals surface area contributed by atoms with Crippen molar-refractivity contribution in [3.63, 3.8) is 0 Å². The molecule has 3 heteroatoms. The monoisotopic (exact) mass is 241 g/mol. The van der Waals surface area contributed by atoms with Crippen molar-refractivity contribution in [2.24, 2.45) is 0 Å². The molecule has 0 aliphatic heterocycles. The molecule has 1 aliphatic carbocycles. The van der Waals surface area contributed by atoms with Crippen molar-refractivity contribution in [1.82, 2.24) is 15.1 Å². The molecule has 0 aromatic carbocycles. The molecule has 2 unspecified atom stereocenters. The lowest BCUT2D eigenvalue weighted by Gasteiger charge is -2.34. The molecule has 0 bridgehead atoms. The number of hydrogen-bond donors (Lipinski definition) is 1. The molecule has 1 N–H and O–H groups in total. The van der Waals surface area contributed by atoms with Crippen LogP contribution in [0.5, 0.6) is 0 Å². The molecule has 0 aromatic rings. The van der Waals surface area contributed by atoms with Crippen molar-refractivity contribution >= 4 is 0 Å². The topological polar surface area (TPSA) is 18.5 Å². The average Bonchev–Trinajstić information content (AvgIpc) is 2.73. The summed E-state index contributed by atoms with van der Waals surface area (Å²) in [4.78, 5) is 5.00. The molecule has 2 atom stereocenters. The molecule has 1 saturated carbocycles. The van der Waals surface area contributed by atoms with E-state index in [2.05, 4.69) is 43.1 Å². The fraction of sp³-hybridized carbons (Fsp3) is 1.00. The Morgan fingerprint density at radius 3 is 2.41 bits per heavy atom. The molecule has 1 aliphatic rings. The molecular formula is C14H31N3. The van der Waals surface area contributed by atoms with Gasteiger partial charge in [-0.3, -0.25) is 4.90 Å². The predicted molar refractivity (Wildman–Crippen MR) is 75.5 cm³/mol. The molecule has 0 amide bonds. The maximum absolute atomic E-state index is 3.67. The van der Waals surface area contributed by atoms with Crippen LogP contribution in [0.25, 0.3) is 0 Å². The summed E-state index contributed by atoms with van der Waals surface area (Å²) in [7, 11) is 4.33. The largest absolute Gasteiger partial charge is 0.313 e. The summed E-state index contributed by atoms with van der Waals surface area (Å²) in [6.07, 6.45) is 5.40. The number of rotatable bonds is 8. The molecule has 102 valence electrons. The third kappa shape index (κ3) is 4.94. The van der Waals surface area contributed by atoms with Crippen molar-refractivity contribution in [3.8, 4) is 0 Å². The fourth-order valence-electron chi connectivity index (χ4n) is 2.94. The van der Waals surface area contributed by atoms with E-state index in [1.165, 1.54) is 45.3 Å². The SMILES string of the molecule is CCCN(CCN(C)C)C1CCCC1NCC. The van der Waals surface area contributed by atoms with Crippen molar-refractivity contribution < 1.29 is 0 Å². The maximum Gasteiger partial charge on any atom is 0.0249 e. The standard InChI is InChI=1S/C14H31N3/c1-5-10-17(12-11-16(3)4)14-9-7-8-13(14)15-6-2/h13-15H,5-12H2,1-4H3. The highest BCUT2D eigenvalue weighted by Gasteiger charge is 2.30. The Morgan fingerprint density at radius 1 is 1.06 bits per heavy atom. The van der Waals surface area contributed by atoms with Gasteiger partial charge < -0.3 is 10.2 Å². The van der Waals surface area contributed by atoms with E-state index in [0.29, 0.717) is 0 Å². The lowest BCUT2D eigenvalue weighted by Crippen LogP contribution is -2.49. The van der Waals surface area contributed by atoms with Crippen molar-refractivity contribution in [3.05, 3.63) is 0 Å². The molecule has 3 nitrogen and oxygen atoms in total. The van der Waals surface area contributed by atoms with Crippen LogP contribution in [0.2, 0.25) is 0 Å². The summed E-state index contributed by atoms with van der Waals surface area (Å²) in [6, 6.07) is 1.50. The van der Waals surface area contributed by atoms with Crippen molar-refractivity contribution in [2.45, 2.75) is 51.6 Å². The Labute approximate surface area is 108 Å². The molecule has 0 heterocycles. The summed E-state index contributed by atoms with van der Waals surface area (Å²) >= 11 is 0. The first-order chi connectivity index (χ1) is 8.19. The first-order valence-corrected chi connectivity index (χ1v) is 7.31. The van der Waals surface area contributed by atoms with E-state index in [1.807, 2.05) is 0 Å². The van der Waals surface area contributed by atoms with Gasteiger partial charge in [-0.15, -0.1) is 0 Å². The van der Waals surface area contributed by atoms with Gasteiger partial charge in [0.25, 0.3) is 0 Å². The smallest absolute Gasteiger partial charge is 0.0249 e. The van der Waals surface area contributed by atoms with Crippen LogP contribution in [0.1, 0.15) is 39.5 Å². The number of nitrogens with one attached hydrogen (secondary N) is 1. The van der Waals surface area contributed by atoms with E-state index >= 15 is 0 Å². The van der Waals surface area contributed by atoms with Crippen LogP contribution < -0.4 is 5.32 Å². The van der Waals surface area contributed by atoms with E-state index in [1.54, 1.807) is 0 Å². The number of nitrogens with zero attached hydrogens (tertiary/aromatic N) is 2. The van der Waals surface area contributed by atoms with Gasteiger partial charge >= 0.3 is 0 Å². The van der Waals surface area contributed by atoms with Crippen LogP contribution >= 0.6 is 0 Å². The lowest BCUT2D eigenvalue weighted by molar-refractivity contribution is 0.158. The van der Waals surface area contributed by atoms with Crippen LogP contribution in [0.4, 0.5) is 0 Å². The van der Waals surface area contributed by atoms with Crippen LogP contribution in [-0.4, -0.2) is 62.2 Å². The normalized spacial score (nSPS) is 25.1. The third-order valence-electron chi connectivity index (χ3n) is 3.76. The third-order valence-corrected chi connectivity index (χ3v) is 3.76. The van der Waals surface area contributed by atoms with Crippen molar-refractivity contribution in [2.75, 3.05) is 40.3 Å². The summed E-state index contributed by atoms with van der Waals surface area (Å²) in [5.74, 6) is 0. The van der Waals surface area contributed by atoms with Gasteiger partial charge in [0.2, 0.25) is 0 Å². The summed E-state index contributed by atoms with van der Waals surface area (Å²) in [6.45, 7) is 9.26. The molecule has 0 radical (unpaired) electrons. The first kappa shape index (κ1) is 14.9. The predicted octanol–water partition coefficient (Wildman–Crippen LogP) is 1.79. The van der Waals surface area contributed by atoms with Crippen LogP contribution in [0.15, 0.2) is 0 Å². The average molecular weight is 241 g/mol. The van der Waals surface area contributed by atoms with E-state index in [-0.39, 0.29) is 0 Å². The zero-order chi connectivity index (χ0) is 12.7. The minimum Gasteiger partial charge on any atom is -0.313 e. The first-order valence-electron chi connectivity index (χ1n) is 7.31. The Morgan fingerprint density at radius 2 is 1.82 bits per heavy atom. The van der Waals surface area contributed by atoms with Crippen LogP contribution in [0, 0.1) is 0 Å². The molecule has 17 heavy (non-hydrogen) atoms. The Hall–Kier alpha value is -0.120. The van der Waals surface area contributed by atoms with Crippen molar-refractivity contribution in [1.29, 1.82) is 0 Å². The maximum atomic E-state index is 3.67. The minimum absolute atomic E-state index is 0.730. The zero-order valence-corrected chi connectivity index (χ0v) is 12.2. The minimum atomic E-state index is 0.730. The molecular weight excluding hydrogens is 210 g/mol. The van der Waals surface area contributed by atoms with E-state index in [0.717, 1.165) is 18.6 Å². The summed E-state index contributed by atoms with van der Waals surface area (Å²) < 4.78 is 0. The lowest BCUT2D eigenvalue weighted by atomic mass is 10.1. The second kappa shape index (κ2) is 8.06. The second-order valence-corrected chi connectivity index (χ2v) is 5.50. The molecule has 0 spiro atoms. The van der Waals surface area contributed by atoms with Gasteiger partial charge in [-0.1, -0.05) is 20.3 Å². The van der Waals surface area contributed by atoms with Crippen LogP contribution in [-0.2, 0) is 0 Å². The fourth-order valence-corrected chi connectivity index (χ4v) is 2.94. The van der Waals surface area contributed by atoms with E-state index in [9.17, 15) is 0 Å².